The molecule has 0 aliphatic heterocycles. The highest BCUT2D eigenvalue weighted by atomic mass is 32.1. The fourth-order valence-electron chi connectivity index (χ4n) is 1.40. The number of nitrogens with one attached hydrogen (secondary N) is 2. The number of rotatable bonds is 2. The lowest BCUT2D eigenvalue weighted by Crippen LogP contribution is -2.17. The van der Waals surface area contributed by atoms with Gasteiger partial charge in [-0.1, -0.05) is 0 Å². The molecule has 2 rings (SSSR count). The first-order chi connectivity index (χ1) is 7.63. The van der Waals surface area contributed by atoms with Crippen molar-refractivity contribution in [1.29, 1.82) is 0 Å². The minimum absolute atomic E-state index is 0.168. The molecule has 16 heavy (non-hydrogen) atoms. The molecule has 0 aromatic carbocycles. The van der Waals surface area contributed by atoms with Crippen molar-refractivity contribution in [2.75, 3.05) is 6.61 Å². The molecule has 0 amide bonds. The predicted molar refractivity (Wildman–Crippen MR) is 59.2 cm³/mol. The van der Waals surface area contributed by atoms with Crippen molar-refractivity contribution < 1.29 is 9.53 Å². The number of hydrogen-bond donors (Lipinski definition) is 2. The topological polar surface area (TPSA) is 79.4 Å². The molecular formula is C9H9N3O3S. The molecule has 84 valence electrons. The molecule has 0 saturated carbocycles. The van der Waals surface area contributed by atoms with Crippen LogP contribution in [0.2, 0.25) is 0 Å². The van der Waals surface area contributed by atoms with Crippen molar-refractivity contribution >= 4 is 23.8 Å². The van der Waals surface area contributed by atoms with Gasteiger partial charge in [0.15, 0.2) is 4.77 Å². The number of carbonyl (C=O) groups excluding carboxylic acids is 1. The molecule has 0 aliphatic carbocycles. The maximum atomic E-state index is 11.5. The van der Waals surface area contributed by atoms with E-state index >= 15 is 0 Å². The van der Waals surface area contributed by atoms with Gasteiger partial charge in [-0.15, -0.1) is 0 Å². The van der Waals surface area contributed by atoms with E-state index in [2.05, 4.69) is 9.97 Å². The molecule has 0 fully saturated rings. The third-order valence-electron chi connectivity index (χ3n) is 2.05. The van der Waals surface area contributed by atoms with Gasteiger partial charge < -0.3 is 9.72 Å². The van der Waals surface area contributed by atoms with E-state index in [1.54, 1.807) is 6.92 Å². The molecule has 0 saturated heterocycles. The SMILES string of the molecule is CCOC(=O)c1ccn2c(=O)[nH]c(=S)[nH]c12. The summed E-state index contributed by atoms with van der Waals surface area (Å²) in [7, 11) is 0. The van der Waals surface area contributed by atoms with Crippen LogP contribution in [0.15, 0.2) is 17.1 Å². The van der Waals surface area contributed by atoms with Gasteiger partial charge in [0.05, 0.1) is 6.61 Å². The van der Waals surface area contributed by atoms with Gasteiger partial charge in [-0.2, -0.15) is 0 Å². The van der Waals surface area contributed by atoms with E-state index in [0.717, 1.165) is 0 Å². The van der Waals surface area contributed by atoms with E-state index in [9.17, 15) is 9.59 Å². The van der Waals surface area contributed by atoms with E-state index in [-0.39, 0.29) is 11.4 Å². The number of esters is 1. The molecule has 2 N–H and O–H groups in total. The van der Waals surface area contributed by atoms with Crippen molar-refractivity contribution in [3.63, 3.8) is 0 Å². The van der Waals surface area contributed by atoms with Gasteiger partial charge in [0.1, 0.15) is 11.2 Å². The van der Waals surface area contributed by atoms with Crippen LogP contribution in [0.25, 0.3) is 5.65 Å². The first-order valence-electron chi connectivity index (χ1n) is 4.64. The Morgan fingerprint density at radius 2 is 2.31 bits per heavy atom. The van der Waals surface area contributed by atoms with Crippen molar-refractivity contribution in [3.05, 3.63) is 33.1 Å². The number of aromatic amines is 2. The molecule has 0 spiro atoms. The van der Waals surface area contributed by atoms with Crippen LogP contribution in [0.1, 0.15) is 17.3 Å². The maximum Gasteiger partial charge on any atom is 0.341 e. The van der Waals surface area contributed by atoms with Gasteiger partial charge in [0.2, 0.25) is 0 Å². The molecule has 2 heterocycles. The van der Waals surface area contributed by atoms with Crippen LogP contribution in [0, 0.1) is 4.77 Å². The van der Waals surface area contributed by atoms with Crippen molar-refractivity contribution in [2.24, 2.45) is 0 Å². The van der Waals surface area contributed by atoms with Gasteiger partial charge in [-0.3, -0.25) is 9.38 Å². The second-order valence-corrected chi connectivity index (χ2v) is 3.46. The second kappa shape index (κ2) is 3.93. The zero-order chi connectivity index (χ0) is 11.7. The molecule has 0 aliphatic rings. The van der Waals surface area contributed by atoms with E-state index in [4.69, 9.17) is 17.0 Å². The summed E-state index contributed by atoms with van der Waals surface area (Å²) in [5, 5.41) is 0. The van der Waals surface area contributed by atoms with Gasteiger partial charge in [0.25, 0.3) is 0 Å². The highest BCUT2D eigenvalue weighted by Gasteiger charge is 2.13. The normalized spacial score (nSPS) is 10.6. The summed E-state index contributed by atoms with van der Waals surface area (Å²) >= 11 is 4.83. The Bertz CT molecular complexity index is 652. The van der Waals surface area contributed by atoms with Gasteiger partial charge in [-0.05, 0) is 25.2 Å². The summed E-state index contributed by atoms with van der Waals surface area (Å²) in [6.07, 6.45) is 1.48. The van der Waals surface area contributed by atoms with Crippen LogP contribution in [0.3, 0.4) is 0 Å². The van der Waals surface area contributed by atoms with E-state index in [1.807, 2.05) is 0 Å². The highest BCUT2D eigenvalue weighted by Crippen LogP contribution is 2.08. The number of H-pyrrole nitrogens is 2. The third-order valence-corrected chi connectivity index (χ3v) is 2.26. The lowest BCUT2D eigenvalue weighted by Gasteiger charge is -2.00. The average molecular weight is 239 g/mol. The van der Waals surface area contributed by atoms with Crippen LogP contribution in [-0.2, 0) is 4.74 Å². The van der Waals surface area contributed by atoms with Gasteiger partial charge >= 0.3 is 11.7 Å². The van der Waals surface area contributed by atoms with Crippen LogP contribution in [0.4, 0.5) is 0 Å². The van der Waals surface area contributed by atoms with Crippen LogP contribution < -0.4 is 5.69 Å². The number of carbonyl (C=O) groups is 1. The van der Waals surface area contributed by atoms with Gasteiger partial charge in [0, 0.05) is 6.20 Å². The molecule has 0 atom stereocenters. The Hall–Kier alpha value is -1.89. The number of ether oxygens (including phenoxy) is 1. The Morgan fingerprint density at radius 1 is 1.56 bits per heavy atom. The summed E-state index contributed by atoms with van der Waals surface area (Å²) < 4.78 is 6.29. The first-order valence-corrected chi connectivity index (χ1v) is 5.05. The summed E-state index contributed by atoms with van der Waals surface area (Å²) in [5.41, 5.74) is 0.237. The number of aromatic nitrogens is 3. The molecule has 7 heteroatoms. The molecule has 0 bridgehead atoms. The molecular weight excluding hydrogens is 230 g/mol. The second-order valence-electron chi connectivity index (χ2n) is 3.05. The zero-order valence-corrected chi connectivity index (χ0v) is 9.26. The number of hydrogen-bond acceptors (Lipinski definition) is 4. The fourth-order valence-corrected chi connectivity index (χ4v) is 1.58. The highest BCUT2D eigenvalue weighted by molar-refractivity contribution is 7.71. The fraction of sp³-hybridized carbons (Fsp3) is 0.222. The quantitative estimate of drug-likeness (QED) is 0.601. The Balaban J connectivity index is 2.69. The molecule has 2 aromatic heterocycles. The molecule has 0 unspecified atom stereocenters. The van der Waals surface area contributed by atoms with E-state index in [1.165, 1.54) is 16.7 Å². The molecule has 6 nitrogen and oxygen atoms in total. The largest absolute Gasteiger partial charge is 0.462 e. The summed E-state index contributed by atoms with van der Waals surface area (Å²) in [4.78, 5) is 28.2. The summed E-state index contributed by atoms with van der Waals surface area (Å²) in [6.45, 7) is 1.99. The first kappa shape index (κ1) is 10.6. The predicted octanol–water partition coefficient (Wildman–Crippen LogP) is 0.862. The monoisotopic (exact) mass is 239 g/mol. The third kappa shape index (κ3) is 1.65. The van der Waals surface area contributed by atoms with Crippen molar-refractivity contribution in [3.8, 4) is 0 Å². The van der Waals surface area contributed by atoms with E-state index in [0.29, 0.717) is 11.2 Å². The van der Waals surface area contributed by atoms with Crippen molar-refractivity contribution in [1.82, 2.24) is 14.4 Å². The lowest BCUT2D eigenvalue weighted by atomic mass is 10.3. The zero-order valence-electron chi connectivity index (χ0n) is 8.44. The van der Waals surface area contributed by atoms with Crippen LogP contribution in [-0.4, -0.2) is 26.9 Å². The lowest BCUT2D eigenvalue weighted by molar-refractivity contribution is 0.0528. The summed E-state index contributed by atoms with van der Waals surface area (Å²) in [5.74, 6) is -0.485. The Kier molecular flexibility index (Phi) is 2.61. The summed E-state index contributed by atoms with van der Waals surface area (Å²) in [6, 6.07) is 1.51. The Morgan fingerprint density at radius 3 is 3.00 bits per heavy atom. The maximum absolute atomic E-state index is 11.5. The number of nitrogens with zero attached hydrogens (tertiary/aromatic N) is 1. The van der Waals surface area contributed by atoms with E-state index < -0.39 is 11.7 Å². The smallest absolute Gasteiger partial charge is 0.341 e. The van der Waals surface area contributed by atoms with Gasteiger partial charge in [-0.25, -0.2) is 9.59 Å². The standard InChI is InChI=1S/C9H9N3O3S/c1-2-15-7(13)5-3-4-12-6(5)10-8(16)11-9(12)14/h3-4H,2H2,1H3,(H2,10,11,14,16). The minimum Gasteiger partial charge on any atom is -0.462 e. The molecule has 0 radical (unpaired) electrons. The number of fused-ring (bicyclic) bond motifs is 1. The van der Waals surface area contributed by atoms with Crippen molar-refractivity contribution in [2.45, 2.75) is 6.92 Å². The average Bonchev–Trinajstić information content (AvgIpc) is 2.61. The molecule has 2 aromatic rings. The van der Waals surface area contributed by atoms with Crippen LogP contribution in [0.5, 0.6) is 0 Å². The Labute approximate surface area is 94.9 Å². The van der Waals surface area contributed by atoms with Crippen LogP contribution >= 0.6 is 12.2 Å². The minimum atomic E-state index is -0.485.